The summed E-state index contributed by atoms with van der Waals surface area (Å²) < 4.78 is 0. The van der Waals surface area contributed by atoms with Crippen LogP contribution in [0.5, 0.6) is 0 Å². The van der Waals surface area contributed by atoms with Crippen LogP contribution >= 0.6 is 0 Å². The zero-order chi connectivity index (χ0) is 17.4. The molecule has 2 unspecified atom stereocenters. The van der Waals surface area contributed by atoms with Crippen molar-refractivity contribution in [1.82, 2.24) is 9.88 Å². The molecule has 0 aromatic carbocycles. The normalized spacial score (nSPS) is 25.5. The van der Waals surface area contributed by atoms with Gasteiger partial charge in [0.2, 0.25) is 5.91 Å². The molecular weight excluding hydrogens is 308 g/mol. The van der Waals surface area contributed by atoms with Gasteiger partial charge in [-0.25, -0.2) is 0 Å². The largest absolute Gasteiger partial charge is 0.342 e. The minimum Gasteiger partial charge on any atom is -0.342 e. The van der Waals surface area contributed by atoms with E-state index in [1.807, 2.05) is 24.1 Å². The summed E-state index contributed by atoms with van der Waals surface area (Å²) >= 11 is 0. The number of hydrogen-bond donors (Lipinski definition) is 0. The van der Waals surface area contributed by atoms with Gasteiger partial charge in [0.1, 0.15) is 0 Å². The maximum Gasteiger partial charge on any atom is 0.232 e. The number of nitrogens with zero attached hydrogens (tertiary/aromatic N) is 2. The number of pyridine rings is 1. The van der Waals surface area contributed by atoms with Gasteiger partial charge in [-0.05, 0) is 48.1 Å². The second-order valence-electron chi connectivity index (χ2n) is 7.10. The van der Waals surface area contributed by atoms with E-state index in [2.05, 4.69) is 35.2 Å². The monoisotopic (exact) mass is 330 g/mol. The number of likely N-dealkylation sites (tertiary alicyclic amines) is 1. The Kier molecular flexibility index (Phi) is 4.05. The van der Waals surface area contributed by atoms with Gasteiger partial charge < -0.3 is 4.90 Å². The van der Waals surface area contributed by atoms with Crippen LogP contribution < -0.4 is 0 Å². The Morgan fingerprint density at radius 1 is 1.16 bits per heavy atom. The molecule has 3 nitrogen and oxygen atoms in total. The van der Waals surface area contributed by atoms with Gasteiger partial charge in [-0.15, -0.1) is 6.42 Å². The van der Waals surface area contributed by atoms with Crippen molar-refractivity contribution in [2.45, 2.75) is 37.6 Å². The van der Waals surface area contributed by atoms with Gasteiger partial charge >= 0.3 is 0 Å². The first kappa shape index (κ1) is 15.9. The topological polar surface area (TPSA) is 33.2 Å². The average Bonchev–Trinajstić information content (AvgIpc) is 3.17. The molecule has 1 aromatic heterocycles. The Morgan fingerprint density at radius 3 is 2.56 bits per heavy atom. The van der Waals surface area contributed by atoms with Crippen molar-refractivity contribution < 1.29 is 4.79 Å². The SMILES string of the molecule is C#Cc1cccnc1[C@@H]1C(=O)N(C)C2CCCCC21.c1cc2cc-2c1. The molecule has 0 spiro atoms. The maximum absolute atomic E-state index is 12.6. The number of aromatic nitrogens is 1. The van der Waals surface area contributed by atoms with E-state index >= 15 is 0 Å². The highest BCUT2D eigenvalue weighted by Gasteiger charge is 2.48. The van der Waals surface area contributed by atoms with E-state index in [9.17, 15) is 4.79 Å². The smallest absolute Gasteiger partial charge is 0.232 e. The summed E-state index contributed by atoms with van der Waals surface area (Å²) in [6.07, 6.45) is 11.9. The molecule has 126 valence electrons. The van der Waals surface area contributed by atoms with Crippen LogP contribution in [0, 0.1) is 18.3 Å². The number of carbonyl (C=O) groups is 1. The highest BCUT2D eigenvalue weighted by molar-refractivity contribution is 5.87. The molecule has 1 saturated carbocycles. The van der Waals surface area contributed by atoms with Gasteiger partial charge in [0, 0.05) is 24.8 Å². The Bertz CT molecular complexity index is 834. The number of benzene rings is 1. The molecule has 3 heteroatoms. The standard InChI is InChI=1S/C16H18N2O.C6H4/c1-3-11-7-6-10-17-15(11)14-12-8-4-5-9-13(12)18(2)16(14)19;1-2-5-4-6(5)3-1/h1,6-7,10,12-14H,4-5,8-9H2,2H3;1-4H/t12?,13?,14-;/m1./s1. The highest BCUT2D eigenvalue weighted by Crippen LogP contribution is 2.45. The number of rotatable bonds is 1. The summed E-state index contributed by atoms with van der Waals surface area (Å²) in [5, 5.41) is 0. The van der Waals surface area contributed by atoms with Crippen LogP contribution in [0.4, 0.5) is 0 Å². The van der Waals surface area contributed by atoms with E-state index < -0.39 is 0 Å². The molecule has 3 aliphatic carbocycles. The molecule has 1 aliphatic heterocycles. The van der Waals surface area contributed by atoms with Crippen LogP contribution in [-0.2, 0) is 4.79 Å². The summed E-state index contributed by atoms with van der Waals surface area (Å²) in [6.45, 7) is 0. The average molecular weight is 330 g/mol. The van der Waals surface area contributed by atoms with Gasteiger partial charge in [0.25, 0.3) is 0 Å². The van der Waals surface area contributed by atoms with Gasteiger partial charge in [0.15, 0.2) is 0 Å². The summed E-state index contributed by atoms with van der Waals surface area (Å²) in [7, 11) is 1.92. The van der Waals surface area contributed by atoms with E-state index in [0.29, 0.717) is 12.0 Å². The highest BCUT2D eigenvalue weighted by atomic mass is 16.2. The Labute approximate surface area is 149 Å². The first-order valence-corrected chi connectivity index (χ1v) is 8.99. The molecule has 1 amide bonds. The summed E-state index contributed by atoms with van der Waals surface area (Å²) in [5.41, 5.74) is 4.42. The van der Waals surface area contributed by atoms with E-state index in [1.54, 1.807) is 6.20 Å². The lowest BCUT2D eigenvalue weighted by Gasteiger charge is -2.30. The van der Waals surface area contributed by atoms with Gasteiger partial charge in [-0.3, -0.25) is 9.78 Å². The number of likely N-dealkylation sites (N-methyl/N-ethyl adjacent to an activating group) is 1. The molecule has 1 aromatic rings. The van der Waals surface area contributed by atoms with Crippen LogP contribution in [0.2, 0.25) is 0 Å². The molecule has 2 fully saturated rings. The summed E-state index contributed by atoms with van der Waals surface area (Å²) in [6, 6.07) is 12.6. The number of carbonyl (C=O) groups excluding carboxylic acids is 1. The molecule has 0 N–H and O–H groups in total. The fourth-order valence-corrected chi connectivity index (χ4v) is 4.36. The Morgan fingerprint density at radius 2 is 1.92 bits per heavy atom. The third kappa shape index (κ3) is 2.82. The lowest BCUT2D eigenvalue weighted by Crippen LogP contribution is -2.33. The molecule has 25 heavy (non-hydrogen) atoms. The molecule has 4 aliphatic rings. The fraction of sp³-hybridized carbons (Fsp3) is 0.364. The third-order valence-electron chi connectivity index (χ3n) is 5.72. The van der Waals surface area contributed by atoms with Gasteiger partial charge in [0.05, 0.1) is 11.6 Å². The number of terminal acetylenes is 1. The van der Waals surface area contributed by atoms with Crippen molar-refractivity contribution >= 4 is 5.91 Å². The number of hydrogen-bond acceptors (Lipinski definition) is 2. The Hall–Kier alpha value is -2.60. The molecule has 2 heterocycles. The zero-order valence-corrected chi connectivity index (χ0v) is 14.5. The van der Waals surface area contributed by atoms with E-state index in [1.165, 1.54) is 24.0 Å². The van der Waals surface area contributed by atoms with Crippen molar-refractivity contribution in [2.24, 2.45) is 5.92 Å². The van der Waals surface area contributed by atoms with Crippen molar-refractivity contribution in [3.63, 3.8) is 0 Å². The van der Waals surface area contributed by atoms with Crippen molar-refractivity contribution in [3.05, 3.63) is 53.9 Å². The van der Waals surface area contributed by atoms with Crippen molar-refractivity contribution in [2.75, 3.05) is 7.05 Å². The number of fused-ring (bicyclic) bond motifs is 2. The van der Waals surface area contributed by atoms with Crippen molar-refractivity contribution in [3.8, 4) is 23.5 Å². The summed E-state index contributed by atoms with van der Waals surface area (Å²) in [4.78, 5) is 18.9. The second-order valence-corrected chi connectivity index (χ2v) is 7.10. The third-order valence-corrected chi connectivity index (χ3v) is 5.72. The second kappa shape index (κ2) is 6.37. The Balaban J connectivity index is 0.000000217. The van der Waals surface area contributed by atoms with Crippen LogP contribution in [0.3, 0.4) is 0 Å². The maximum atomic E-state index is 12.6. The first-order chi connectivity index (χ1) is 12.2. The van der Waals surface area contributed by atoms with E-state index in [0.717, 1.165) is 24.1 Å². The van der Waals surface area contributed by atoms with E-state index in [-0.39, 0.29) is 11.8 Å². The van der Waals surface area contributed by atoms with E-state index in [4.69, 9.17) is 6.42 Å². The van der Waals surface area contributed by atoms with Crippen molar-refractivity contribution in [1.29, 1.82) is 0 Å². The van der Waals surface area contributed by atoms with Gasteiger partial charge in [-0.2, -0.15) is 0 Å². The van der Waals surface area contributed by atoms with Crippen LogP contribution in [0.25, 0.3) is 11.1 Å². The van der Waals surface area contributed by atoms with Crippen LogP contribution in [0.1, 0.15) is 42.9 Å². The number of amides is 1. The van der Waals surface area contributed by atoms with Gasteiger partial charge in [-0.1, -0.05) is 37.0 Å². The van der Waals surface area contributed by atoms with Crippen LogP contribution in [-0.4, -0.2) is 28.9 Å². The minimum atomic E-state index is -0.137. The zero-order valence-electron chi connectivity index (χ0n) is 14.5. The summed E-state index contributed by atoms with van der Waals surface area (Å²) in [5.74, 6) is 3.10. The fourth-order valence-electron chi connectivity index (χ4n) is 4.36. The lowest BCUT2D eigenvalue weighted by molar-refractivity contribution is -0.128. The predicted molar refractivity (Wildman–Crippen MR) is 98.9 cm³/mol. The molecule has 3 atom stereocenters. The first-order valence-electron chi connectivity index (χ1n) is 8.99. The molecule has 5 rings (SSSR count). The molecular formula is C22H22N2O. The van der Waals surface area contributed by atoms with Crippen LogP contribution in [0.15, 0.2) is 42.6 Å². The molecule has 0 bridgehead atoms. The molecule has 1 saturated heterocycles. The molecule has 0 radical (unpaired) electrons. The minimum absolute atomic E-state index is 0.137. The predicted octanol–water partition coefficient (Wildman–Crippen LogP) is 3.84. The quantitative estimate of drug-likeness (QED) is 0.635. The lowest BCUT2D eigenvalue weighted by atomic mass is 9.77.